The van der Waals surface area contributed by atoms with E-state index in [0.29, 0.717) is 12.5 Å². The van der Waals surface area contributed by atoms with Gasteiger partial charge in [0.1, 0.15) is 0 Å². The first-order chi connectivity index (χ1) is 9.13. The SMILES string of the molecule is CCOC(=O)CCC(=O)N(C)CCC1CCOCC1. The Balaban J connectivity index is 2.15. The minimum Gasteiger partial charge on any atom is -0.466 e. The summed E-state index contributed by atoms with van der Waals surface area (Å²) in [5, 5.41) is 0. The Kier molecular flexibility index (Phi) is 7.48. The van der Waals surface area contributed by atoms with Crippen LogP contribution < -0.4 is 0 Å². The van der Waals surface area contributed by atoms with Crippen LogP contribution in [-0.2, 0) is 19.1 Å². The number of esters is 1. The highest BCUT2D eigenvalue weighted by Gasteiger charge is 2.16. The van der Waals surface area contributed by atoms with Crippen LogP contribution in [-0.4, -0.2) is 50.2 Å². The predicted molar refractivity (Wildman–Crippen MR) is 71.7 cm³/mol. The Labute approximate surface area is 115 Å². The summed E-state index contributed by atoms with van der Waals surface area (Å²) in [7, 11) is 1.80. The van der Waals surface area contributed by atoms with Crippen molar-refractivity contribution in [3.05, 3.63) is 0 Å². The summed E-state index contributed by atoms with van der Waals surface area (Å²) in [6, 6.07) is 0. The van der Waals surface area contributed by atoms with Gasteiger partial charge in [0.05, 0.1) is 13.0 Å². The number of hydrogen-bond donors (Lipinski definition) is 0. The van der Waals surface area contributed by atoms with E-state index in [1.54, 1.807) is 18.9 Å². The average molecular weight is 271 g/mol. The molecular formula is C14H25NO4. The van der Waals surface area contributed by atoms with E-state index in [-0.39, 0.29) is 24.7 Å². The van der Waals surface area contributed by atoms with Gasteiger partial charge in [-0.2, -0.15) is 0 Å². The summed E-state index contributed by atoms with van der Waals surface area (Å²) in [4.78, 5) is 24.7. The first-order valence-corrected chi connectivity index (χ1v) is 7.10. The third-order valence-electron chi connectivity index (χ3n) is 3.49. The van der Waals surface area contributed by atoms with Crippen LogP contribution in [0.3, 0.4) is 0 Å². The molecule has 5 nitrogen and oxygen atoms in total. The summed E-state index contributed by atoms with van der Waals surface area (Å²) in [5.41, 5.74) is 0. The van der Waals surface area contributed by atoms with E-state index in [0.717, 1.165) is 39.0 Å². The maximum absolute atomic E-state index is 11.8. The van der Waals surface area contributed by atoms with Crippen molar-refractivity contribution in [3.8, 4) is 0 Å². The number of hydrogen-bond acceptors (Lipinski definition) is 4. The number of rotatable bonds is 7. The quantitative estimate of drug-likeness (QED) is 0.660. The second-order valence-corrected chi connectivity index (χ2v) is 4.96. The van der Waals surface area contributed by atoms with Crippen molar-refractivity contribution in [2.75, 3.05) is 33.4 Å². The molecule has 0 atom stereocenters. The predicted octanol–water partition coefficient (Wildman–Crippen LogP) is 1.60. The molecule has 1 saturated heterocycles. The molecule has 1 rings (SSSR count). The highest BCUT2D eigenvalue weighted by Crippen LogP contribution is 2.18. The van der Waals surface area contributed by atoms with Crippen LogP contribution in [0.25, 0.3) is 0 Å². The number of carbonyl (C=O) groups excluding carboxylic acids is 2. The first kappa shape index (κ1) is 16.0. The summed E-state index contributed by atoms with van der Waals surface area (Å²) < 4.78 is 10.1. The molecule has 0 unspecified atom stereocenters. The molecule has 0 spiro atoms. The number of nitrogens with zero attached hydrogens (tertiary/aromatic N) is 1. The molecule has 1 fully saturated rings. The van der Waals surface area contributed by atoms with E-state index in [9.17, 15) is 9.59 Å². The van der Waals surface area contributed by atoms with Crippen LogP contribution in [0.2, 0.25) is 0 Å². The molecule has 1 aliphatic rings. The van der Waals surface area contributed by atoms with E-state index in [1.807, 2.05) is 0 Å². The van der Waals surface area contributed by atoms with Crippen molar-refractivity contribution in [2.24, 2.45) is 5.92 Å². The Hall–Kier alpha value is -1.10. The first-order valence-electron chi connectivity index (χ1n) is 7.10. The average Bonchev–Trinajstić information content (AvgIpc) is 2.43. The lowest BCUT2D eigenvalue weighted by Crippen LogP contribution is -2.30. The van der Waals surface area contributed by atoms with Gasteiger partial charge in [0.2, 0.25) is 5.91 Å². The Bertz CT molecular complexity index is 287. The Morgan fingerprint density at radius 2 is 1.95 bits per heavy atom. The highest BCUT2D eigenvalue weighted by molar-refractivity contribution is 5.81. The van der Waals surface area contributed by atoms with Crippen molar-refractivity contribution >= 4 is 11.9 Å². The van der Waals surface area contributed by atoms with Gasteiger partial charge in [0, 0.05) is 33.2 Å². The zero-order valence-electron chi connectivity index (χ0n) is 12.0. The van der Waals surface area contributed by atoms with Crippen molar-refractivity contribution in [2.45, 2.75) is 39.0 Å². The fourth-order valence-corrected chi connectivity index (χ4v) is 2.17. The third kappa shape index (κ3) is 6.57. The maximum atomic E-state index is 11.8. The molecule has 0 aliphatic carbocycles. The smallest absolute Gasteiger partial charge is 0.306 e. The summed E-state index contributed by atoms with van der Waals surface area (Å²) in [6.07, 6.45) is 3.61. The van der Waals surface area contributed by atoms with Crippen LogP contribution in [0.1, 0.15) is 39.0 Å². The fraction of sp³-hybridized carbons (Fsp3) is 0.857. The number of ether oxygens (including phenoxy) is 2. The van der Waals surface area contributed by atoms with Gasteiger partial charge in [-0.3, -0.25) is 9.59 Å². The summed E-state index contributed by atoms with van der Waals surface area (Å²) >= 11 is 0. The fourth-order valence-electron chi connectivity index (χ4n) is 2.17. The molecule has 110 valence electrons. The highest BCUT2D eigenvalue weighted by atomic mass is 16.5. The van der Waals surface area contributed by atoms with E-state index in [2.05, 4.69) is 0 Å². The molecule has 1 heterocycles. The lowest BCUT2D eigenvalue weighted by Gasteiger charge is -2.24. The maximum Gasteiger partial charge on any atom is 0.306 e. The van der Waals surface area contributed by atoms with Crippen molar-refractivity contribution in [1.29, 1.82) is 0 Å². The topological polar surface area (TPSA) is 55.8 Å². The third-order valence-corrected chi connectivity index (χ3v) is 3.49. The van der Waals surface area contributed by atoms with Gasteiger partial charge in [0.25, 0.3) is 0 Å². The minimum atomic E-state index is -0.298. The normalized spacial score (nSPS) is 16.1. The molecule has 1 amide bonds. The molecule has 0 N–H and O–H groups in total. The molecule has 0 saturated carbocycles. The van der Waals surface area contributed by atoms with Crippen molar-refractivity contribution in [3.63, 3.8) is 0 Å². The van der Waals surface area contributed by atoms with Crippen LogP contribution in [0.4, 0.5) is 0 Å². The van der Waals surface area contributed by atoms with Crippen molar-refractivity contribution in [1.82, 2.24) is 4.90 Å². The van der Waals surface area contributed by atoms with Gasteiger partial charge in [-0.05, 0) is 32.1 Å². The van der Waals surface area contributed by atoms with E-state index >= 15 is 0 Å². The largest absolute Gasteiger partial charge is 0.466 e. The Morgan fingerprint density at radius 1 is 1.26 bits per heavy atom. The molecule has 0 radical (unpaired) electrons. The number of amides is 1. The summed E-state index contributed by atoms with van der Waals surface area (Å²) in [5.74, 6) is 0.378. The van der Waals surface area contributed by atoms with Gasteiger partial charge in [-0.1, -0.05) is 0 Å². The lowest BCUT2D eigenvalue weighted by molar-refractivity contribution is -0.145. The van der Waals surface area contributed by atoms with Gasteiger partial charge < -0.3 is 14.4 Å². The molecule has 1 aliphatic heterocycles. The molecule has 0 aromatic rings. The van der Waals surface area contributed by atoms with Gasteiger partial charge in [-0.25, -0.2) is 0 Å². The lowest BCUT2D eigenvalue weighted by atomic mass is 9.96. The van der Waals surface area contributed by atoms with Crippen LogP contribution in [0.5, 0.6) is 0 Å². The second kappa shape index (κ2) is 8.91. The van der Waals surface area contributed by atoms with Gasteiger partial charge in [-0.15, -0.1) is 0 Å². The van der Waals surface area contributed by atoms with Crippen LogP contribution in [0.15, 0.2) is 0 Å². The van der Waals surface area contributed by atoms with E-state index in [1.165, 1.54) is 0 Å². The van der Waals surface area contributed by atoms with Crippen LogP contribution >= 0.6 is 0 Å². The monoisotopic (exact) mass is 271 g/mol. The Morgan fingerprint density at radius 3 is 2.58 bits per heavy atom. The number of carbonyl (C=O) groups is 2. The second-order valence-electron chi connectivity index (χ2n) is 4.96. The molecule has 5 heteroatoms. The zero-order valence-corrected chi connectivity index (χ0v) is 12.0. The van der Waals surface area contributed by atoms with E-state index < -0.39 is 0 Å². The van der Waals surface area contributed by atoms with E-state index in [4.69, 9.17) is 9.47 Å². The molecule has 0 aromatic heterocycles. The molecule has 0 bridgehead atoms. The minimum absolute atomic E-state index is 0.0140. The molecular weight excluding hydrogens is 246 g/mol. The standard InChI is InChI=1S/C14H25NO4/c1-3-19-14(17)5-4-13(16)15(2)9-6-12-7-10-18-11-8-12/h12H,3-11H2,1-2H3. The van der Waals surface area contributed by atoms with Gasteiger partial charge >= 0.3 is 5.97 Å². The van der Waals surface area contributed by atoms with Crippen LogP contribution in [0, 0.1) is 5.92 Å². The van der Waals surface area contributed by atoms with Crippen molar-refractivity contribution < 1.29 is 19.1 Å². The van der Waals surface area contributed by atoms with Gasteiger partial charge in [0.15, 0.2) is 0 Å². The summed E-state index contributed by atoms with van der Waals surface area (Å²) in [6.45, 7) is 4.56. The molecule has 0 aromatic carbocycles. The zero-order chi connectivity index (χ0) is 14.1. The molecule has 19 heavy (non-hydrogen) atoms.